The van der Waals surface area contributed by atoms with Crippen LogP contribution in [0.3, 0.4) is 0 Å². The van der Waals surface area contributed by atoms with Crippen LogP contribution in [0, 0.1) is 13.8 Å². The van der Waals surface area contributed by atoms with Gasteiger partial charge in [0.25, 0.3) is 5.91 Å². The number of aromatic nitrogens is 5. The molecule has 0 unspecified atom stereocenters. The van der Waals surface area contributed by atoms with Crippen LogP contribution in [0.1, 0.15) is 27.2 Å². The Morgan fingerprint density at radius 1 is 0.976 bits per heavy atom. The summed E-state index contributed by atoms with van der Waals surface area (Å²) >= 11 is 0. The van der Waals surface area contributed by atoms with E-state index in [-0.39, 0.29) is 16.9 Å². The van der Waals surface area contributed by atoms with E-state index in [9.17, 15) is 18.0 Å². The highest BCUT2D eigenvalue weighted by Crippen LogP contribution is 2.33. The summed E-state index contributed by atoms with van der Waals surface area (Å²) in [6.07, 6.45) is 3.38. The van der Waals surface area contributed by atoms with Gasteiger partial charge in [0.1, 0.15) is 0 Å². The van der Waals surface area contributed by atoms with Crippen molar-refractivity contribution in [2.45, 2.75) is 20.0 Å². The van der Waals surface area contributed by atoms with Crippen LogP contribution in [-0.4, -0.2) is 42.6 Å². The van der Waals surface area contributed by atoms with E-state index >= 15 is 0 Å². The molecule has 0 saturated heterocycles. The molecule has 210 valence electrons. The number of aliphatic hydroxyl groups is 1. The zero-order chi connectivity index (χ0) is 29.6. The fraction of sp³-hybridized carbons (Fsp3) is 0.138. The summed E-state index contributed by atoms with van der Waals surface area (Å²) in [5, 5.41) is 12.7. The molecule has 0 aliphatic carbocycles. The smallest absolute Gasteiger partial charge is 0.400 e. The number of hydrogen-bond acceptors (Lipinski definition) is 7. The number of halogens is 3. The Hall–Kier alpha value is -5.10. The lowest BCUT2D eigenvalue weighted by Gasteiger charge is -2.14. The summed E-state index contributed by atoms with van der Waals surface area (Å²) in [5.74, 6) is -0.259. The second-order valence-corrected chi connectivity index (χ2v) is 8.80. The number of carbonyl (C=O) groups is 1. The molecule has 0 atom stereocenters. The number of amides is 1. The Bertz CT molecular complexity index is 1650. The van der Waals surface area contributed by atoms with E-state index < -0.39 is 17.6 Å². The Morgan fingerprint density at radius 3 is 2.46 bits per heavy atom. The van der Waals surface area contributed by atoms with Crippen molar-refractivity contribution in [2.75, 3.05) is 17.7 Å². The second kappa shape index (κ2) is 12.4. The van der Waals surface area contributed by atoms with Crippen LogP contribution in [0.25, 0.3) is 16.9 Å². The standard InChI is InChI=1S/C28H22F3N7O.CH4O/c1-17-5-6-19(10-25(17)37-27-33-9-7-24(36-27)20-4-3-8-32-14-20)26(39)35-22-11-21(28(29,30)31)12-23(13-22)38-15-18(2)34-16-38;1-2/h3-16H,1-2H3,(H,35,39)(H,33,36,37);2H,1H3. The fourth-order valence-corrected chi connectivity index (χ4v) is 3.87. The Balaban J connectivity index is 0.00000189. The van der Waals surface area contributed by atoms with E-state index in [1.54, 1.807) is 62.0 Å². The summed E-state index contributed by atoms with van der Waals surface area (Å²) in [5.41, 5.74) is 3.09. The van der Waals surface area contributed by atoms with Crippen molar-refractivity contribution in [3.05, 3.63) is 108 Å². The van der Waals surface area contributed by atoms with Gasteiger partial charge in [0, 0.05) is 60.1 Å². The number of nitrogens with one attached hydrogen (secondary N) is 2. The Kier molecular flexibility index (Phi) is 8.73. The van der Waals surface area contributed by atoms with Crippen LogP contribution in [0.15, 0.2) is 85.7 Å². The van der Waals surface area contributed by atoms with Crippen LogP contribution in [0.4, 0.5) is 30.5 Å². The van der Waals surface area contributed by atoms with Crippen molar-refractivity contribution in [3.8, 4) is 16.9 Å². The zero-order valence-corrected chi connectivity index (χ0v) is 22.3. The first-order valence-corrected chi connectivity index (χ1v) is 12.3. The molecule has 0 bridgehead atoms. The monoisotopic (exact) mass is 561 g/mol. The maximum atomic E-state index is 13.6. The third kappa shape index (κ3) is 7.11. The number of aryl methyl sites for hydroxylation is 2. The Labute approximate surface area is 233 Å². The summed E-state index contributed by atoms with van der Waals surface area (Å²) in [7, 11) is 1.00. The number of carbonyl (C=O) groups excluding carboxylic acids is 1. The molecule has 1 amide bonds. The average Bonchev–Trinajstić information content (AvgIpc) is 3.41. The van der Waals surface area contributed by atoms with Gasteiger partial charge in [-0.3, -0.25) is 9.78 Å². The number of anilines is 3. The molecule has 0 fully saturated rings. The summed E-state index contributed by atoms with van der Waals surface area (Å²) in [4.78, 5) is 30.1. The van der Waals surface area contributed by atoms with Gasteiger partial charge in [0.2, 0.25) is 5.95 Å². The summed E-state index contributed by atoms with van der Waals surface area (Å²) < 4.78 is 42.3. The molecule has 0 spiro atoms. The van der Waals surface area contributed by atoms with Gasteiger partial charge >= 0.3 is 6.18 Å². The van der Waals surface area contributed by atoms with Crippen molar-refractivity contribution < 1.29 is 23.1 Å². The highest BCUT2D eigenvalue weighted by Gasteiger charge is 2.31. The molecule has 9 nitrogen and oxygen atoms in total. The first kappa shape index (κ1) is 28.9. The number of imidazole rings is 1. The van der Waals surface area contributed by atoms with Gasteiger partial charge in [-0.2, -0.15) is 13.2 Å². The van der Waals surface area contributed by atoms with Crippen molar-refractivity contribution in [1.82, 2.24) is 24.5 Å². The van der Waals surface area contributed by atoms with Crippen molar-refractivity contribution in [1.29, 1.82) is 0 Å². The molecular weight excluding hydrogens is 535 g/mol. The number of aliphatic hydroxyl groups excluding tert-OH is 1. The molecule has 5 aromatic rings. The molecule has 0 radical (unpaired) electrons. The van der Waals surface area contributed by atoms with E-state index in [0.717, 1.165) is 30.4 Å². The van der Waals surface area contributed by atoms with Crippen LogP contribution in [0.5, 0.6) is 0 Å². The van der Waals surface area contributed by atoms with Crippen LogP contribution in [-0.2, 0) is 6.18 Å². The minimum Gasteiger partial charge on any atom is -0.400 e. The molecule has 3 N–H and O–H groups in total. The van der Waals surface area contributed by atoms with Gasteiger partial charge < -0.3 is 20.3 Å². The second-order valence-electron chi connectivity index (χ2n) is 8.80. The molecule has 3 heterocycles. The maximum Gasteiger partial charge on any atom is 0.416 e. The normalized spacial score (nSPS) is 10.9. The number of nitrogens with zero attached hydrogens (tertiary/aromatic N) is 5. The predicted molar refractivity (Wildman–Crippen MR) is 149 cm³/mol. The van der Waals surface area contributed by atoms with E-state index in [1.165, 1.54) is 17.0 Å². The van der Waals surface area contributed by atoms with E-state index in [1.807, 2.05) is 13.0 Å². The van der Waals surface area contributed by atoms with Gasteiger partial charge in [0.05, 0.1) is 23.3 Å². The maximum absolute atomic E-state index is 13.6. The van der Waals surface area contributed by atoms with Gasteiger partial charge in [-0.1, -0.05) is 6.07 Å². The van der Waals surface area contributed by atoms with Crippen LogP contribution < -0.4 is 10.6 Å². The lowest BCUT2D eigenvalue weighted by atomic mass is 10.1. The topological polar surface area (TPSA) is 118 Å². The number of hydrogen-bond donors (Lipinski definition) is 3. The molecular formula is C29H26F3N7O2. The van der Waals surface area contributed by atoms with Crippen molar-refractivity contribution >= 4 is 23.2 Å². The highest BCUT2D eigenvalue weighted by atomic mass is 19.4. The largest absolute Gasteiger partial charge is 0.416 e. The van der Waals surface area contributed by atoms with Crippen LogP contribution >= 0.6 is 0 Å². The molecule has 3 aromatic heterocycles. The number of rotatable bonds is 6. The van der Waals surface area contributed by atoms with Crippen molar-refractivity contribution in [3.63, 3.8) is 0 Å². The Morgan fingerprint density at radius 2 is 1.78 bits per heavy atom. The predicted octanol–water partition coefficient (Wildman–Crippen LogP) is 5.96. The molecule has 0 saturated carbocycles. The molecule has 12 heteroatoms. The lowest BCUT2D eigenvalue weighted by Crippen LogP contribution is -2.14. The third-order valence-electron chi connectivity index (χ3n) is 5.87. The first-order chi connectivity index (χ1) is 19.7. The zero-order valence-electron chi connectivity index (χ0n) is 22.3. The fourth-order valence-electron chi connectivity index (χ4n) is 3.87. The van der Waals surface area contributed by atoms with Crippen molar-refractivity contribution in [2.24, 2.45) is 0 Å². The summed E-state index contributed by atoms with van der Waals surface area (Å²) in [6, 6.07) is 13.7. The SMILES string of the molecule is CO.Cc1cn(-c2cc(NC(=O)c3ccc(C)c(Nc4nccc(-c5cccnc5)n4)c3)cc(C(F)(F)F)c2)cn1. The van der Waals surface area contributed by atoms with Crippen LogP contribution in [0.2, 0.25) is 0 Å². The van der Waals surface area contributed by atoms with Gasteiger partial charge in [-0.25, -0.2) is 15.0 Å². The van der Waals surface area contributed by atoms with Gasteiger partial charge in [-0.05, 0) is 67.9 Å². The quantitative estimate of drug-likeness (QED) is 0.234. The molecule has 0 aliphatic rings. The van der Waals surface area contributed by atoms with E-state index in [0.29, 0.717) is 23.0 Å². The molecule has 41 heavy (non-hydrogen) atoms. The highest BCUT2D eigenvalue weighted by molar-refractivity contribution is 6.05. The first-order valence-electron chi connectivity index (χ1n) is 12.3. The van der Waals surface area contributed by atoms with E-state index in [2.05, 4.69) is 30.6 Å². The molecule has 5 rings (SSSR count). The number of benzene rings is 2. The van der Waals surface area contributed by atoms with E-state index in [4.69, 9.17) is 5.11 Å². The molecule has 2 aromatic carbocycles. The van der Waals surface area contributed by atoms with Gasteiger partial charge in [0.15, 0.2) is 0 Å². The minimum atomic E-state index is -4.60. The van der Waals surface area contributed by atoms with Gasteiger partial charge in [-0.15, -0.1) is 0 Å². The lowest BCUT2D eigenvalue weighted by molar-refractivity contribution is -0.137. The average molecular weight is 562 g/mol. The minimum absolute atomic E-state index is 0.00114. The molecule has 0 aliphatic heterocycles. The number of alkyl halides is 3. The third-order valence-corrected chi connectivity index (χ3v) is 5.87. The summed E-state index contributed by atoms with van der Waals surface area (Å²) in [6.45, 7) is 3.58. The number of pyridine rings is 1.